The van der Waals surface area contributed by atoms with Gasteiger partial charge in [-0.3, -0.25) is 9.78 Å². The first-order valence-corrected chi connectivity index (χ1v) is 8.76. The highest BCUT2D eigenvalue weighted by Gasteiger charge is 2.31. The standard InChI is InChI=1S/C18H21N3OS.ClH/c1-14(23-16-7-3-2-4-8-16)18(22)21-11-10-20-13-17(21)15-6-5-9-19-12-15;/h2-9,12,14,17,20H,10-11,13H2,1H3;1H. The molecular weight excluding hydrogens is 342 g/mol. The van der Waals surface area contributed by atoms with Gasteiger partial charge in [-0.15, -0.1) is 24.2 Å². The second-order valence-corrected chi connectivity index (χ2v) is 7.03. The molecule has 1 aliphatic rings. The fourth-order valence-corrected chi connectivity index (χ4v) is 3.78. The number of hydrogen-bond acceptors (Lipinski definition) is 4. The van der Waals surface area contributed by atoms with Gasteiger partial charge in [0.2, 0.25) is 5.91 Å². The van der Waals surface area contributed by atoms with Crippen molar-refractivity contribution in [2.75, 3.05) is 19.6 Å². The maximum absolute atomic E-state index is 12.9. The van der Waals surface area contributed by atoms with E-state index in [0.29, 0.717) is 0 Å². The van der Waals surface area contributed by atoms with E-state index in [1.807, 2.05) is 60.5 Å². The third-order valence-corrected chi connectivity index (χ3v) is 5.10. The number of halogens is 1. The molecule has 0 aliphatic carbocycles. The summed E-state index contributed by atoms with van der Waals surface area (Å²) in [7, 11) is 0. The molecule has 0 radical (unpaired) electrons. The molecule has 1 fully saturated rings. The van der Waals surface area contributed by atoms with Crippen LogP contribution in [0.25, 0.3) is 0 Å². The molecule has 128 valence electrons. The molecule has 2 aromatic rings. The number of amides is 1. The fourth-order valence-electron chi connectivity index (χ4n) is 2.83. The Morgan fingerprint density at radius 3 is 2.79 bits per heavy atom. The van der Waals surface area contributed by atoms with Crippen LogP contribution < -0.4 is 5.32 Å². The van der Waals surface area contributed by atoms with Crippen LogP contribution in [0.5, 0.6) is 0 Å². The number of nitrogens with one attached hydrogen (secondary N) is 1. The highest BCUT2D eigenvalue weighted by Crippen LogP contribution is 2.28. The van der Waals surface area contributed by atoms with Gasteiger partial charge in [-0.2, -0.15) is 0 Å². The Kier molecular flexibility index (Phi) is 7.09. The Bertz CT molecular complexity index is 641. The van der Waals surface area contributed by atoms with Crippen LogP contribution in [0.2, 0.25) is 0 Å². The van der Waals surface area contributed by atoms with Crippen molar-refractivity contribution in [1.29, 1.82) is 0 Å². The molecule has 1 aliphatic heterocycles. The number of rotatable bonds is 4. The van der Waals surface area contributed by atoms with E-state index in [4.69, 9.17) is 0 Å². The summed E-state index contributed by atoms with van der Waals surface area (Å²) in [5.74, 6) is 0.189. The van der Waals surface area contributed by atoms with Crippen molar-refractivity contribution in [3.63, 3.8) is 0 Å². The normalized spacial score (nSPS) is 18.5. The second-order valence-electron chi connectivity index (χ2n) is 5.61. The van der Waals surface area contributed by atoms with Gasteiger partial charge in [0.15, 0.2) is 0 Å². The minimum Gasteiger partial charge on any atom is -0.332 e. The second kappa shape index (κ2) is 9.06. The molecule has 0 spiro atoms. The zero-order valence-corrected chi connectivity index (χ0v) is 15.2. The van der Waals surface area contributed by atoms with Crippen molar-refractivity contribution >= 4 is 30.1 Å². The van der Waals surface area contributed by atoms with Crippen molar-refractivity contribution in [3.8, 4) is 0 Å². The summed E-state index contributed by atoms with van der Waals surface area (Å²) in [6.07, 6.45) is 3.62. The Labute approximate surface area is 153 Å². The average molecular weight is 364 g/mol. The minimum atomic E-state index is -0.102. The number of aromatic nitrogens is 1. The van der Waals surface area contributed by atoms with Crippen molar-refractivity contribution in [1.82, 2.24) is 15.2 Å². The molecule has 2 unspecified atom stereocenters. The van der Waals surface area contributed by atoms with Gasteiger partial charge in [-0.25, -0.2) is 0 Å². The molecule has 3 rings (SSSR count). The smallest absolute Gasteiger partial charge is 0.236 e. The Morgan fingerprint density at radius 2 is 2.08 bits per heavy atom. The zero-order chi connectivity index (χ0) is 16.1. The van der Waals surface area contributed by atoms with Gasteiger partial charge in [-0.1, -0.05) is 24.3 Å². The molecule has 1 aromatic carbocycles. The van der Waals surface area contributed by atoms with E-state index in [1.165, 1.54) is 0 Å². The molecule has 1 N–H and O–H groups in total. The zero-order valence-electron chi connectivity index (χ0n) is 13.6. The van der Waals surface area contributed by atoms with Gasteiger partial charge < -0.3 is 10.2 Å². The summed E-state index contributed by atoms with van der Waals surface area (Å²) in [6, 6.07) is 14.1. The first-order chi connectivity index (χ1) is 11.3. The lowest BCUT2D eigenvalue weighted by molar-refractivity contribution is -0.133. The maximum Gasteiger partial charge on any atom is 0.236 e. The van der Waals surface area contributed by atoms with Crippen molar-refractivity contribution in [2.45, 2.75) is 23.1 Å². The number of carbonyl (C=O) groups excluding carboxylic acids is 1. The Morgan fingerprint density at radius 1 is 1.29 bits per heavy atom. The molecule has 4 nitrogen and oxygen atoms in total. The molecule has 0 saturated carbocycles. The highest BCUT2D eigenvalue weighted by molar-refractivity contribution is 8.00. The van der Waals surface area contributed by atoms with Crippen LogP contribution in [0.1, 0.15) is 18.5 Å². The summed E-state index contributed by atoms with van der Waals surface area (Å²) >= 11 is 1.62. The largest absolute Gasteiger partial charge is 0.332 e. The lowest BCUT2D eigenvalue weighted by Gasteiger charge is -2.37. The molecule has 2 heterocycles. The molecule has 1 saturated heterocycles. The summed E-state index contributed by atoms with van der Waals surface area (Å²) in [6.45, 7) is 4.34. The number of hydrogen-bond donors (Lipinski definition) is 1. The number of carbonyl (C=O) groups is 1. The van der Waals surface area contributed by atoms with E-state index in [9.17, 15) is 4.79 Å². The van der Waals surface area contributed by atoms with Crippen molar-refractivity contribution < 1.29 is 4.79 Å². The third kappa shape index (κ3) is 4.50. The van der Waals surface area contributed by atoms with Gasteiger partial charge in [0.1, 0.15) is 0 Å². The molecule has 0 bridgehead atoms. The van der Waals surface area contributed by atoms with E-state index in [1.54, 1.807) is 18.0 Å². The van der Waals surface area contributed by atoms with Crippen LogP contribution in [0.4, 0.5) is 0 Å². The van der Waals surface area contributed by atoms with E-state index in [-0.39, 0.29) is 29.6 Å². The predicted molar refractivity (Wildman–Crippen MR) is 101 cm³/mol. The average Bonchev–Trinajstić information content (AvgIpc) is 2.62. The molecular formula is C18H22ClN3OS. The monoisotopic (exact) mass is 363 g/mol. The summed E-state index contributed by atoms with van der Waals surface area (Å²) in [5.41, 5.74) is 1.09. The number of piperazine rings is 1. The quantitative estimate of drug-likeness (QED) is 0.847. The lowest BCUT2D eigenvalue weighted by Crippen LogP contribution is -2.50. The predicted octanol–water partition coefficient (Wildman–Crippen LogP) is 3.16. The van der Waals surface area contributed by atoms with Gasteiger partial charge in [-0.05, 0) is 30.7 Å². The van der Waals surface area contributed by atoms with Crippen LogP contribution in [0.15, 0.2) is 59.8 Å². The molecule has 1 amide bonds. The fraction of sp³-hybridized carbons (Fsp3) is 0.333. The van der Waals surface area contributed by atoms with Gasteiger partial charge in [0.25, 0.3) is 0 Å². The number of benzene rings is 1. The number of thioether (sulfide) groups is 1. The highest BCUT2D eigenvalue weighted by atomic mass is 35.5. The van der Waals surface area contributed by atoms with E-state index >= 15 is 0 Å². The third-order valence-electron chi connectivity index (χ3n) is 4.00. The summed E-state index contributed by atoms with van der Waals surface area (Å²) in [5, 5.41) is 3.28. The van der Waals surface area contributed by atoms with E-state index in [0.717, 1.165) is 30.1 Å². The maximum atomic E-state index is 12.9. The number of pyridine rings is 1. The number of nitrogens with zero attached hydrogens (tertiary/aromatic N) is 2. The Hall–Kier alpha value is -1.56. The van der Waals surface area contributed by atoms with Crippen LogP contribution in [-0.2, 0) is 4.79 Å². The van der Waals surface area contributed by atoms with Crippen LogP contribution >= 0.6 is 24.2 Å². The SMILES string of the molecule is CC(Sc1ccccc1)C(=O)N1CCNCC1c1cccnc1.Cl. The molecule has 24 heavy (non-hydrogen) atoms. The van der Waals surface area contributed by atoms with Gasteiger partial charge in [0, 0.05) is 36.9 Å². The topological polar surface area (TPSA) is 45.2 Å². The van der Waals surface area contributed by atoms with Crippen LogP contribution in [-0.4, -0.2) is 40.7 Å². The molecule has 2 atom stereocenters. The van der Waals surface area contributed by atoms with Crippen molar-refractivity contribution in [2.24, 2.45) is 0 Å². The van der Waals surface area contributed by atoms with E-state index < -0.39 is 0 Å². The first kappa shape index (κ1) is 18.8. The summed E-state index contributed by atoms with van der Waals surface area (Å²) in [4.78, 5) is 20.3. The molecule has 1 aromatic heterocycles. The lowest BCUT2D eigenvalue weighted by atomic mass is 10.0. The molecule has 6 heteroatoms. The van der Waals surface area contributed by atoms with Crippen LogP contribution in [0.3, 0.4) is 0 Å². The summed E-state index contributed by atoms with van der Waals surface area (Å²) < 4.78 is 0. The Balaban J connectivity index is 0.00000208. The van der Waals surface area contributed by atoms with Crippen LogP contribution in [0, 0.1) is 0 Å². The van der Waals surface area contributed by atoms with E-state index in [2.05, 4.69) is 10.3 Å². The van der Waals surface area contributed by atoms with Gasteiger partial charge in [0.05, 0.1) is 11.3 Å². The minimum absolute atomic E-state index is 0. The van der Waals surface area contributed by atoms with Crippen molar-refractivity contribution in [3.05, 3.63) is 60.4 Å². The van der Waals surface area contributed by atoms with Gasteiger partial charge >= 0.3 is 0 Å². The first-order valence-electron chi connectivity index (χ1n) is 7.88.